The van der Waals surface area contributed by atoms with E-state index in [-0.39, 0.29) is 46.9 Å². The summed E-state index contributed by atoms with van der Waals surface area (Å²) in [5.74, 6) is -2.33. The number of rotatable bonds is 12. The van der Waals surface area contributed by atoms with Crippen LogP contribution in [0.15, 0.2) is 48.8 Å². The average molecular weight is 899 g/mol. The zero-order valence-electron chi connectivity index (χ0n) is 37.4. The van der Waals surface area contributed by atoms with Crippen molar-refractivity contribution in [1.29, 1.82) is 0 Å². The lowest BCUT2D eigenvalue weighted by molar-refractivity contribution is -0.140. The molecule has 0 bridgehead atoms. The van der Waals surface area contributed by atoms with Gasteiger partial charge in [-0.25, -0.2) is 19.6 Å². The highest BCUT2D eigenvalue weighted by Gasteiger charge is 2.52. The number of benzene rings is 2. The molecular weight excluding hydrogens is 843 g/mol. The minimum atomic E-state index is -3.33. The second kappa shape index (κ2) is 17.5. The third-order valence-corrected chi connectivity index (χ3v) is 14.8. The van der Waals surface area contributed by atoms with Crippen LogP contribution in [-0.2, 0) is 34.5 Å². The predicted molar refractivity (Wildman–Crippen MR) is 232 cm³/mol. The fourth-order valence-corrected chi connectivity index (χ4v) is 11.3. The maximum atomic E-state index is 16.7. The number of carbonyl (C=O) groups is 4. The van der Waals surface area contributed by atoms with E-state index in [1.165, 1.54) is 40.6 Å². The molecule has 0 radical (unpaired) electrons. The lowest BCUT2D eigenvalue weighted by Crippen LogP contribution is -2.55. The van der Waals surface area contributed by atoms with Crippen LogP contribution in [0.2, 0.25) is 0 Å². The molecule has 4 amide bonds. The number of methoxy groups -OCH3 is 4. The number of nitrogens with one attached hydrogen (secondary N) is 4. The molecule has 16 nitrogen and oxygen atoms in total. The summed E-state index contributed by atoms with van der Waals surface area (Å²) in [5, 5.41) is 5.31. The van der Waals surface area contributed by atoms with Crippen molar-refractivity contribution in [3.8, 4) is 33.6 Å². The van der Waals surface area contributed by atoms with Crippen molar-refractivity contribution in [2.45, 2.75) is 120 Å². The van der Waals surface area contributed by atoms with Gasteiger partial charge in [-0.3, -0.25) is 9.59 Å². The number of alkyl carbamates (subject to hydrolysis) is 2. The number of hydrogen-bond acceptors (Lipinski definition) is 10. The Morgan fingerprint density at radius 2 is 1.09 bits per heavy atom. The molecule has 4 fully saturated rings. The van der Waals surface area contributed by atoms with Gasteiger partial charge in [-0.15, -0.1) is 0 Å². The summed E-state index contributed by atoms with van der Waals surface area (Å²) in [7, 11) is 5.43. The molecule has 2 aromatic carbocycles. The van der Waals surface area contributed by atoms with Crippen molar-refractivity contribution in [3.05, 3.63) is 71.6 Å². The van der Waals surface area contributed by atoms with Gasteiger partial charge in [0.25, 0.3) is 5.92 Å². The number of fused-ring (bicyclic) bond motifs is 5. The Balaban J connectivity index is 0.961. The molecule has 0 spiro atoms. The maximum absolute atomic E-state index is 16.7. The molecule has 2 saturated carbocycles. The van der Waals surface area contributed by atoms with E-state index in [2.05, 4.69) is 20.6 Å². The standard InChI is InChI=1S/C47H56F2N8O8/c1-23(62-3)39(54-45(60)64-5)43(58)56-35-11-7-9-27(35)19-37(56)41-50-21-33(52-41)25-13-15-29-30-16-14-26(18-32(30)47(48,49)31(29)17-25)34-22-51-42(53-34)38-20-28-10-8-12-36(28)57(38)44(59)40(24(2)63-4)55-46(61)65-6/h13-18,21-24,27-28,35-40H,7-12,19-20H2,1-6H3,(H,50,52)(H,51,53)(H,54,60)(H,55,61)/t23-,24-,27+,28+,35+,36+,37+,38+,39+,40+/m1/s1. The van der Waals surface area contributed by atoms with Crippen LogP contribution >= 0.6 is 0 Å². The largest absolute Gasteiger partial charge is 0.453 e. The number of likely N-dealkylation sites (tertiary alicyclic amines) is 2. The minimum Gasteiger partial charge on any atom is -0.453 e. The number of imidazole rings is 2. The maximum Gasteiger partial charge on any atom is 0.407 e. The lowest BCUT2D eigenvalue weighted by Gasteiger charge is -2.34. The average Bonchev–Trinajstić information content (AvgIpc) is 4.18. The fraction of sp³-hybridized carbons (Fsp3) is 0.532. The van der Waals surface area contributed by atoms with Crippen LogP contribution in [0.3, 0.4) is 0 Å². The van der Waals surface area contributed by atoms with E-state index in [9.17, 15) is 19.2 Å². The van der Waals surface area contributed by atoms with E-state index >= 15 is 8.78 Å². The Hall–Kier alpha value is -5.88. The quantitative estimate of drug-likeness (QED) is 0.115. The number of carbonyl (C=O) groups excluding carboxylic acids is 4. The van der Waals surface area contributed by atoms with Crippen LogP contribution in [0.4, 0.5) is 18.4 Å². The van der Waals surface area contributed by atoms with Gasteiger partial charge >= 0.3 is 12.2 Å². The van der Waals surface area contributed by atoms with Gasteiger partial charge in [-0.2, -0.15) is 8.78 Å². The predicted octanol–water partition coefficient (Wildman–Crippen LogP) is 6.99. The molecule has 4 aromatic rings. The van der Waals surface area contributed by atoms with Gasteiger partial charge in [0.15, 0.2) is 0 Å². The van der Waals surface area contributed by atoms with E-state index in [4.69, 9.17) is 28.9 Å². The van der Waals surface area contributed by atoms with Crippen molar-refractivity contribution in [1.82, 2.24) is 40.4 Å². The summed E-state index contributed by atoms with van der Waals surface area (Å²) in [6, 6.07) is 7.10. The first kappa shape index (κ1) is 44.3. The summed E-state index contributed by atoms with van der Waals surface area (Å²) >= 11 is 0. The van der Waals surface area contributed by atoms with Crippen LogP contribution in [0.25, 0.3) is 33.6 Å². The van der Waals surface area contributed by atoms with Crippen LogP contribution in [0, 0.1) is 11.8 Å². The highest BCUT2D eigenvalue weighted by molar-refractivity contribution is 5.88. The Morgan fingerprint density at radius 1 is 0.677 bits per heavy atom. The van der Waals surface area contributed by atoms with E-state index in [0.29, 0.717) is 58.1 Å². The Bertz CT molecular complexity index is 2310. The van der Waals surface area contributed by atoms with Crippen molar-refractivity contribution >= 4 is 24.0 Å². The van der Waals surface area contributed by atoms with Gasteiger partial charge in [0.1, 0.15) is 23.7 Å². The third kappa shape index (κ3) is 7.71. The van der Waals surface area contributed by atoms with E-state index < -0.39 is 54.5 Å². The normalized spacial score (nSPS) is 25.5. The van der Waals surface area contributed by atoms with Crippen molar-refractivity contribution in [3.63, 3.8) is 0 Å². The second-order valence-electron chi connectivity index (χ2n) is 18.1. The van der Waals surface area contributed by atoms with E-state index in [1.807, 2.05) is 9.80 Å². The zero-order valence-corrected chi connectivity index (χ0v) is 37.4. The highest BCUT2D eigenvalue weighted by atomic mass is 19.3. The highest BCUT2D eigenvalue weighted by Crippen LogP contribution is 2.54. The number of amides is 4. The molecule has 18 heteroatoms. The molecule has 2 saturated heterocycles. The SMILES string of the molecule is COC(=O)N[C@H](C(=O)N1[C@H](c2ncc(-c3ccc4c(c3)C(F)(F)c3cc(-c5cnc([C@@H]6C[C@@H]7CCC[C@@H]7N6C(=O)[C@@H](NC(=O)OC)[C@@H](C)OC)[nH]5)ccc3-4)[nH]2)C[C@@H]2CCC[C@@H]21)[C@@H](C)OC. The van der Waals surface area contributed by atoms with Gasteiger partial charge in [-0.05, 0) is 87.5 Å². The monoisotopic (exact) mass is 898 g/mol. The topological polar surface area (TPSA) is 193 Å². The van der Waals surface area contributed by atoms with Crippen LogP contribution in [0.5, 0.6) is 0 Å². The number of halogens is 2. The molecule has 3 aliphatic carbocycles. The smallest absolute Gasteiger partial charge is 0.407 e. The molecule has 65 heavy (non-hydrogen) atoms. The first-order chi connectivity index (χ1) is 31.3. The van der Waals surface area contributed by atoms with Crippen molar-refractivity contribution < 1.29 is 46.9 Å². The molecule has 9 rings (SSSR count). The minimum absolute atomic E-state index is 0.0385. The number of aromatic amines is 2. The first-order valence-corrected chi connectivity index (χ1v) is 22.4. The fourth-order valence-electron chi connectivity index (χ4n) is 11.3. The summed E-state index contributed by atoms with van der Waals surface area (Å²) in [5.41, 5.74) is 2.70. The van der Waals surface area contributed by atoms with Gasteiger partial charge in [0.05, 0.1) is 62.3 Å². The Morgan fingerprint density at radius 3 is 1.48 bits per heavy atom. The molecule has 346 valence electrons. The number of alkyl halides is 2. The molecule has 0 unspecified atom stereocenters. The van der Waals surface area contributed by atoms with Crippen molar-refractivity contribution in [2.24, 2.45) is 11.8 Å². The summed E-state index contributed by atoms with van der Waals surface area (Å²) in [6.07, 6.45) is 7.37. The third-order valence-electron chi connectivity index (χ3n) is 14.8. The zero-order chi connectivity index (χ0) is 45.9. The van der Waals surface area contributed by atoms with Gasteiger partial charge in [-0.1, -0.05) is 37.1 Å². The van der Waals surface area contributed by atoms with E-state index in [1.54, 1.807) is 50.5 Å². The van der Waals surface area contributed by atoms with Crippen molar-refractivity contribution in [2.75, 3.05) is 28.4 Å². The molecule has 4 heterocycles. The molecule has 2 aliphatic heterocycles. The van der Waals surface area contributed by atoms with E-state index in [0.717, 1.165) is 38.5 Å². The van der Waals surface area contributed by atoms with Crippen LogP contribution in [0.1, 0.15) is 100 Å². The first-order valence-electron chi connectivity index (χ1n) is 22.4. The molecule has 10 atom stereocenters. The van der Waals surface area contributed by atoms with Gasteiger partial charge in [0.2, 0.25) is 11.8 Å². The number of hydrogen-bond donors (Lipinski definition) is 4. The molecule has 4 N–H and O–H groups in total. The summed E-state index contributed by atoms with van der Waals surface area (Å²) in [4.78, 5) is 72.9. The second-order valence-corrected chi connectivity index (χ2v) is 18.1. The lowest BCUT2D eigenvalue weighted by atomic mass is 10.0. The van der Waals surface area contributed by atoms with Crippen LogP contribution in [-0.4, -0.2) is 119 Å². The summed E-state index contributed by atoms with van der Waals surface area (Å²) in [6.45, 7) is 3.43. The Kier molecular flexibility index (Phi) is 11.9. The Labute approximate surface area is 375 Å². The molecule has 2 aromatic heterocycles. The number of aromatic nitrogens is 4. The summed E-state index contributed by atoms with van der Waals surface area (Å²) < 4.78 is 54.0. The van der Waals surface area contributed by atoms with Crippen LogP contribution < -0.4 is 10.6 Å². The number of nitrogens with zero attached hydrogens (tertiary/aromatic N) is 4. The molecule has 5 aliphatic rings. The number of ether oxygens (including phenoxy) is 4. The number of H-pyrrole nitrogens is 2. The molecular formula is C47H56F2N8O8. The van der Waals surface area contributed by atoms with Gasteiger partial charge in [0, 0.05) is 48.6 Å². The van der Waals surface area contributed by atoms with Gasteiger partial charge < -0.3 is 49.3 Å².